The molecule has 0 aliphatic heterocycles. The highest BCUT2D eigenvalue weighted by Crippen LogP contribution is 2.65. The summed E-state index contributed by atoms with van der Waals surface area (Å²) in [6.07, 6.45) is 6.95. The summed E-state index contributed by atoms with van der Waals surface area (Å²) in [6.45, 7) is 0. The lowest BCUT2D eigenvalue weighted by atomic mass is 9.42. The highest BCUT2D eigenvalue weighted by atomic mass is 15.0. The Balaban J connectivity index is 1.07. The van der Waals surface area contributed by atoms with Gasteiger partial charge in [0.25, 0.3) is 0 Å². The molecular formula is C46H38N2. The average Bonchev–Trinajstić information content (AvgIpc) is 3.65. The lowest BCUT2D eigenvalue weighted by Gasteiger charge is -2.62. The first-order chi connectivity index (χ1) is 23.8. The minimum atomic E-state index is 0.0616. The first kappa shape index (κ1) is 26.9. The molecule has 4 fully saturated rings. The van der Waals surface area contributed by atoms with Crippen molar-refractivity contribution in [2.75, 3.05) is 0 Å². The molecule has 232 valence electrons. The van der Waals surface area contributed by atoms with Crippen molar-refractivity contribution in [1.82, 2.24) is 9.13 Å². The van der Waals surface area contributed by atoms with Crippen LogP contribution in [0, 0.1) is 23.7 Å². The zero-order valence-electron chi connectivity index (χ0n) is 27.1. The lowest BCUT2D eigenvalue weighted by Crippen LogP contribution is -2.56. The van der Waals surface area contributed by atoms with Crippen molar-refractivity contribution >= 4 is 43.6 Å². The number of hydrogen-bond donors (Lipinski definition) is 0. The van der Waals surface area contributed by atoms with Crippen LogP contribution in [0.3, 0.4) is 0 Å². The van der Waals surface area contributed by atoms with Crippen molar-refractivity contribution in [2.45, 2.75) is 37.5 Å². The van der Waals surface area contributed by atoms with Crippen LogP contribution in [0.5, 0.6) is 0 Å². The molecule has 12 rings (SSSR count). The summed E-state index contributed by atoms with van der Waals surface area (Å²) in [4.78, 5) is 0. The summed E-state index contributed by atoms with van der Waals surface area (Å²) in [5.41, 5.74) is 10.7. The molecule has 6 aromatic carbocycles. The van der Waals surface area contributed by atoms with E-state index < -0.39 is 0 Å². The standard InChI is InChI=1S/C46H38N2/c1-5-13-42-38(9-1)39-10-2-6-14-43(39)47(42)36-21-17-32(18-22-36)46(34-26-30-25-31(28-34)29-35(46)27-30)33-19-23-37(24-20-33)48-44-15-7-3-11-40(44)41-12-4-8-16-45(41)48/h1-24,30-31,34-35H,25-29H2. The molecule has 4 aliphatic rings. The second kappa shape index (κ2) is 9.97. The van der Waals surface area contributed by atoms with Crippen LogP contribution >= 0.6 is 0 Å². The number of nitrogens with zero attached hydrogens (tertiary/aromatic N) is 2. The van der Waals surface area contributed by atoms with E-state index in [9.17, 15) is 0 Å². The van der Waals surface area contributed by atoms with Crippen LogP contribution in [0.15, 0.2) is 146 Å². The third kappa shape index (κ3) is 3.58. The molecule has 0 radical (unpaired) electrons. The number of hydrogen-bond acceptors (Lipinski definition) is 0. The molecule has 0 atom stereocenters. The highest BCUT2D eigenvalue weighted by Gasteiger charge is 2.58. The summed E-state index contributed by atoms with van der Waals surface area (Å²) in [5.74, 6) is 3.22. The lowest BCUT2D eigenvalue weighted by molar-refractivity contribution is -0.0418. The molecular weight excluding hydrogens is 581 g/mol. The first-order valence-corrected chi connectivity index (χ1v) is 18.0. The third-order valence-electron chi connectivity index (χ3n) is 12.8. The van der Waals surface area contributed by atoms with Gasteiger partial charge >= 0.3 is 0 Å². The SMILES string of the molecule is c1ccc2c(c1)c1ccccc1n2-c1ccc(C2(c3ccc(-n4c5ccccc5c5ccccc54)cc3)C3CC4CC(C3)CC2C4)cc1. The quantitative estimate of drug-likeness (QED) is 0.186. The van der Waals surface area contributed by atoms with Gasteiger partial charge in [0, 0.05) is 38.3 Å². The van der Waals surface area contributed by atoms with Crippen molar-refractivity contribution in [3.05, 3.63) is 157 Å². The van der Waals surface area contributed by atoms with E-state index in [1.165, 1.54) is 98.2 Å². The fraction of sp³-hybridized carbons (Fsp3) is 0.217. The highest BCUT2D eigenvalue weighted by molar-refractivity contribution is 6.10. The van der Waals surface area contributed by atoms with Gasteiger partial charge in [-0.3, -0.25) is 0 Å². The predicted octanol–water partition coefficient (Wildman–Crippen LogP) is 11.6. The van der Waals surface area contributed by atoms with Crippen LogP contribution in [-0.4, -0.2) is 9.13 Å². The summed E-state index contributed by atoms with van der Waals surface area (Å²) in [7, 11) is 0. The molecule has 4 aliphatic carbocycles. The minimum Gasteiger partial charge on any atom is -0.309 e. The van der Waals surface area contributed by atoms with Crippen molar-refractivity contribution in [2.24, 2.45) is 23.7 Å². The van der Waals surface area contributed by atoms with Crippen LogP contribution in [-0.2, 0) is 5.41 Å². The number of aromatic nitrogens is 2. The molecule has 0 spiro atoms. The molecule has 2 nitrogen and oxygen atoms in total. The van der Waals surface area contributed by atoms with E-state index in [1.54, 1.807) is 0 Å². The van der Waals surface area contributed by atoms with Gasteiger partial charge in [-0.15, -0.1) is 0 Å². The third-order valence-corrected chi connectivity index (χ3v) is 12.8. The topological polar surface area (TPSA) is 9.86 Å². The second-order valence-corrected chi connectivity index (χ2v) is 15.0. The van der Waals surface area contributed by atoms with Crippen LogP contribution in [0.25, 0.3) is 55.0 Å². The fourth-order valence-corrected chi connectivity index (χ4v) is 11.2. The van der Waals surface area contributed by atoms with Gasteiger partial charge in [0.2, 0.25) is 0 Å². The van der Waals surface area contributed by atoms with Crippen LogP contribution in [0.1, 0.15) is 43.2 Å². The van der Waals surface area contributed by atoms with E-state index in [1.807, 2.05) is 0 Å². The van der Waals surface area contributed by atoms with Crippen molar-refractivity contribution in [3.63, 3.8) is 0 Å². The molecule has 4 bridgehead atoms. The van der Waals surface area contributed by atoms with Gasteiger partial charge in [0.1, 0.15) is 0 Å². The monoisotopic (exact) mass is 618 g/mol. The zero-order valence-corrected chi connectivity index (χ0v) is 27.1. The van der Waals surface area contributed by atoms with E-state index >= 15 is 0 Å². The Morgan fingerprint density at radius 1 is 0.354 bits per heavy atom. The Morgan fingerprint density at radius 3 is 1.00 bits per heavy atom. The number of para-hydroxylation sites is 4. The van der Waals surface area contributed by atoms with Gasteiger partial charge in [0.15, 0.2) is 0 Å². The molecule has 2 heterocycles. The molecule has 8 aromatic rings. The van der Waals surface area contributed by atoms with Gasteiger partial charge in [-0.2, -0.15) is 0 Å². The Morgan fingerprint density at radius 2 is 0.667 bits per heavy atom. The Labute approximate surface area is 281 Å². The van der Waals surface area contributed by atoms with Gasteiger partial charge in [-0.25, -0.2) is 0 Å². The van der Waals surface area contributed by atoms with Crippen molar-refractivity contribution < 1.29 is 0 Å². The number of fused-ring (bicyclic) bond motifs is 6. The van der Waals surface area contributed by atoms with Gasteiger partial charge < -0.3 is 9.13 Å². The maximum absolute atomic E-state index is 2.50. The van der Waals surface area contributed by atoms with Gasteiger partial charge in [0.05, 0.1) is 22.1 Å². The molecule has 2 aromatic heterocycles. The first-order valence-electron chi connectivity index (χ1n) is 18.0. The largest absolute Gasteiger partial charge is 0.309 e. The maximum Gasteiger partial charge on any atom is 0.0541 e. The second-order valence-electron chi connectivity index (χ2n) is 15.0. The van der Waals surface area contributed by atoms with E-state index in [4.69, 9.17) is 0 Å². The van der Waals surface area contributed by atoms with E-state index in [-0.39, 0.29) is 5.41 Å². The maximum atomic E-state index is 2.50. The van der Waals surface area contributed by atoms with Crippen LogP contribution < -0.4 is 0 Å². The van der Waals surface area contributed by atoms with Crippen LogP contribution in [0.2, 0.25) is 0 Å². The summed E-state index contributed by atoms with van der Waals surface area (Å²) in [5, 5.41) is 5.27. The number of rotatable bonds is 4. The van der Waals surface area contributed by atoms with Crippen molar-refractivity contribution in [3.8, 4) is 11.4 Å². The zero-order chi connectivity index (χ0) is 31.4. The Hall–Kier alpha value is -5.08. The van der Waals surface area contributed by atoms with E-state index in [0.29, 0.717) is 11.8 Å². The Bertz CT molecular complexity index is 2220. The van der Waals surface area contributed by atoms with Gasteiger partial charge in [-0.1, -0.05) is 97.1 Å². The molecule has 2 heteroatoms. The van der Waals surface area contributed by atoms with Gasteiger partial charge in [-0.05, 0) is 115 Å². The molecule has 0 saturated heterocycles. The Kier molecular flexibility index (Phi) is 5.59. The van der Waals surface area contributed by atoms with Crippen molar-refractivity contribution in [1.29, 1.82) is 0 Å². The predicted molar refractivity (Wildman–Crippen MR) is 199 cm³/mol. The number of benzene rings is 6. The minimum absolute atomic E-state index is 0.0616. The molecule has 4 saturated carbocycles. The molecule has 48 heavy (non-hydrogen) atoms. The smallest absolute Gasteiger partial charge is 0.0541 e. The summed E-state index contributed by atoms with van der Waals surface area (Å²) in [6, 6.07) is 55.0. The van der Waals surface area contributed by atoms with E-state index in [0.717, 1.165) is 11.8 Å². The molecule has 0 N–H and O–H groups in total. The average molecular weight is 619 g/mol. The molecule has 0 unspecified atom stereocenters. The fourth-order valence-electron chi connectivity index (χ4n) is 11.2. The summed E-state index contributed by atoms with van der Waals surface area (Å²) >= 11 is 0. The van der Waals surface area contributed by atoms with Crippen LogP contribution in [0.4, 0.5) is 0 Å². The summed E-state index contributed by atoms with van der Waals surface area (Å²) < 4.78 is 4.91. The van der Waals surface area contributed by atoms with E-state index in [2.05, 4.69) is 155 Å². The normalized spacial score (nSPS) is 22.8. The molecule has 0 amide bonds.